The first-order valence-corrected chi connectivity index (χ1v) is 43.1. The SMILES string of the molecule is CC/C=C\C/C=C\C/C=C\C/C=C\C/C=C\CCCC(=O)OCC(COP(=O)(O)OCC(O)COP(=O)(O)OCC(COC(=O)CCCCCCCCC/C=C\C/C=C\C/C=C\CC)OC(=O)CCCCCCC/C=C\CCCCCCCC)OC(=O)CCCCCCC/C=C\C/C=C\C/C=C\CC. The summed E-state index contributed by atoms with van der Waals surface area (Å²) in [4.78, 5) is 73.0. The van der Waals surface area contributed by atoms with Gasteiger partial charge in [-0.05, 0) is 154 Å². The lowest BCUT2D eigenvalue weighted by molar-refractivity contribution is -0.161. The highest BCUT2D eigenvalue weighted by molar-refractivity contribution is 7.47. The second-order valence-electron chi connectivity index (χ2n) is 26.2. The molecular formula is C85H142O17P2. The summed E-state index contributed by atoms with van der Waals surface area (Å²) < 4.78 is 68.6. The molecule has 0 saturated carbocycles. The summed E-state index contributed by atoms with van der Waals surface area (Å²) in [7, 11) is -9.99. The molecule has 5 unspecified atom stereocenters. The Bertz CT molecular complexity index is 2540. The summed E-state index contributed by atoms with van der Waals surface area (Å²) >= 11 is 0. The van der Waals surface area contributed by atoms with Crippen molar-refractivity contribution in [3.63, 3.8) is 0 Å². The molecular weight excluding hydrogens is 1350 g/mol. The molecule has 0 aromatic carbocycles. The normalized spacial score (nSPS) is 14.6. The number of aliphatic hydroxyl groups is 1. The van der Waals surface area contributed by atoms with Crippen molar-refractivity contribution >= 4 is 39.5 Å². The Morgan fingerprint density at radius 2 is 0.510 bits per heavy atom. The Morgan fingerprint density at radius 3 is 0.817 bits per heavy atom. The lowest BCUT2D eigenvalue weighted by atomic mass is 10.1. The number of hydrogen-bond donors (Lipinski definition) is 3. The third-order valence-corrected chi connectivity index (χ3v) is 18.2. The number of carbonyl (C=O) groups is 4. The predicted octanol–water partition coefficient (Wildman–Crippen LogP) is 23.4. The number of hydrogen-bond acceptors (Lipinski definition) is 15. The second kappa shape index (κ2) is 76.1. The smallest absolute Gasteiger partial charge is 0.462 e. The second-order valence-corrected chi connectivity index (χ2v) is 29.1. The molecule has 0 spiro atoms. The van der Waals surface area contributed by atoms with Crippen LogP contribution in [0.5, 0.6) is 0 Å². The van der Waals surface area contributed by atoms with E-state index in [0.29, 0.717) is 32.1 Å². The van der Waals surface area contributed by atoms with Gasteiger partial charge < -0.3 is 33.8 Å². The zero-order valence-electron chi connectivity index (χ0n) is 64.9. The summed E-state index contributed by atoms with van der Waals surface area (Å²) in [6, 6.07) is 0. The monoisotopic (exact) mass is 1500 g/mol. The fourth-order valence-corrected chi connectivity index (χ4v) is 11.9. The van der Waals surface area contributed by atoms with Crippen LogP contribution in [0.2, 0.25) is 0 Å². The van der Waals surface area contributed by atoms with Crippen molar-refractivity contribution in [3.05, 3.63) is 146 Å². The molecule has 5 atom stereocenters. The van der Waals surface area contributed by atoms with Crippen molar-refractivity contribution in [1.29, 1.82) is 0 Å². The van der Waals surface area contributed by atoms with E-state index in [1.165, 1.54) is 38.5 Å². The molecule has 0 fully saturated rings. The molecule has 0 heterocycles. The summed E-state index contributed by atoms with van der Waals surface area (Å²) in [5.74, 6) is -2.28. The van der Waals surface area contributed by atoms with Crippen LogP contribution in [0.25, 0.3) is 0 Å². The van der Waals surface area contributed by atoms with Crippen LogP contribution >= 0.6 is 15.6 Å². The lowest BCUT2D eigenvalue weighted by Gasteiger charge is -2.21. The zero-order chi connectivity index (χ0) is 76.0. The maximum absolute atomic E-state index is 13.1. The Hall–Kier alpha value is -5.06. The predicted molar refractivity (Wildman–Crippen MR) is 427 cm³/mol. The number of esters is 4. The van der Waals surface area contributed by atoms with Gasteiger partial charge in [-0.25, -0.2) is 9.13 Å². The van der Waals surface area contributed by atoms with Crippen molar-refractivity contribution in [2.45, 2.75) is 329 Å². The third kappa shape index (κ3) is 75.2. The topological polar surface area (TPSA) is 237 Å². The van der Waals surface area contributed by atoms with Crippen molar-refractivity contribution in [2.75, 3.05) is 39.6 Å². The number of phosphoric ester groups is 2. The summed E-state index contributed by atoms with van der Waals surface area (Å²) in [6.45, 7) is 4.44. The number of phosphoric acid groups is 2. The van der Waals surface area contributed by atoms with E-state index in [0.717, 1.165) is 186 Å². The van der Waals surface area contributed by atoms with E-state index in [4.69, 9.17) is 37.0 Å². The summed E-state index contributed by atoms with van der Waals surface area (Å²) in [5.41, 5.74) is 0. The third-order valence-electron chi connectivity index (χ3n) is 16.3. The molecule has 3 N–H and O–H groups in total. The van der Waals surface area contributed by atoms with Crippen LogP contribution in [-0.2, 0) is 65.4 Å². The fourth-order valence-electron chi connectivity index (χ4n) is 10.3. The summed E-state index contributed by atoms with van der Waals surface area (Å²) in [5, 5.41) is 10.6. The Labute approximate surface area is 630 Å². The molecule has 0 rings (SSSR count). The molecule has 0 saturated heterocycles. The van der Waals surface area contributed by atoms with Gasteiger partial charge in [0.2, 0.25) is 0 Å². The standard InChI is InChI=1S/C85H142O17P2/c1-5-9-13-17-21-25-29-33-37-39-43-45-49-53-57-61-65-69-82(87)95-75-80(101-84(89)71-67-63-59-55-51-47-41-35-31-27-23-19-15-11-7-3)77-99-103(91,92)97-73-79(86)74-98-104(93,94)100-78-81(102-85(90)72-68-64-60-56-52-48-42-36-32-28-24-20-16-12-8-4)76-96-83(88)70-66-62-58-54-50-46-44-40-38-34-30-26-22-18-14-10-6-2/h9-11,13-15,21-23,25-27,33-38,41-43,45,53,57,79-81,86H,5-8,12,16-20,24,28-32,39-40,44,46-52,54-56,58-78H2,1-4H3,(H,91,92)(H,93,94)/b13-9-,14-10-,15-11-,25-21-,26-22-,27-23-,37-33-,38-34-,41-35-,42-36-,45-43-,57-53-. The highest BCUT2D eigenvalue weighted by Crippen LogP contribution is 2.45. The van der Waals surface area contributed by atoms with Crippen molar-refractivity contribution < 1.29 is 80.2 Å². The summed E-state index contributed by atoms with van der Waals surface area (Å²) in [6.07, 6.45) is 86.9. The van der Waals surface area contributed by atoms with Crippen molar-refractivity contribution in [1.82, 2.24) is 0 Å². The van der Waals surface area contributed by atoms with E-state index in [9.17, 15) is 43.2 Å². The number of ether oxygens (including phenoxy) is 4. The maximum atomic E-state index is 13.1. The van der Waals surface area contributed by atoms with E-state index in [1.807, 2.05) is 12.2 Å². The molecule has 19 heteroatoms. The Balaban J connectivity index is 5.44. The van der Waals surface area contributed by atoms with Gasteiger partial charge in [0.25, 0.3) is 0 Å². The van der Waals surface area contributed by atoms with E-state index < -0.39 is 97.5 Å². The average Bonchev–Trinajstić information content (AvgIpc) is 0.937. The molecule has 104 heavy (non-hydrogen) atoms. The van der Waals surface area contributed by atoms with Crippen LogP contribution in [0, 0.1) is 0 Å². The van der Waals surface area contributed by atoms with E-state index in [-0.39, 0.29) is 25.7 Å². The quantitative estimate of drug-likeness (QED) is 0.0169. The van der Waals surface area contributed by atoms with Crippen LogP contribution < -0.4 is 0 Å². The highest BCUT2D eigenvalue weighted by atomic mass is 31.2. The largest absolute Gasteiger partial charge is 0.472 e. The highest BCUT2D eigenvalue weighted by Gasteiger charge is 2.30. The first kappa shape index (κ1) is 98.9. The van der Waals surface area contributed by atoms with Gasteiger partial charge in [0.1, 0.15) is 19.3 Å². The van der Waals surface area contributed by atoms with Gasteiger partial charge in [-0.1, -0.05) is 276 Å². The molecule has 0 aliphatic rings. The molecule has 17 nitrogen and oxygen atoms in total. The molecule has 0 aromatic heterocycles. The molecule has 0 radical (unpaired) electrons. The lowest BCUT2D eigenvalue weighted by Crippen LogP contribution is -2.30. The maximum Gasteiger partial charge on any atom is 0.472 e. The van der Waals surface area contributed by atoms with Gasteiger partial charge in [0.15, 0.2) is 12.2 Å². The molecule has 594 valence electrons. The first-order chi connectivity index (χ1) is 50.7. The number of unbranched alkanes of at least 4 members (excludes halogenated alkanes) is 24. The van der Waals surface area contributed by atoms with Gasteiger partial charge in [-0.3, -0.25) is 37.3 Å². The van der Waals surface area contributed by atoms with Crippen LogP contribution in [0.4, 0.5) is 0 Å². The van der Waals surface area contributed by atoms with E-state index in [2.05, 4.69) is 161 Å². The van der Waals surface area contributed by atoms with Crippen molar-refractivity contribution in [3.8, 4) is 0 Å². The van der Waals surface area contributed by atoms with Gasteiger partial charge in [0.05, 0.1) is 26.4 Å². The van der Waals surface area contributed by atoms with Crippen molar-refractivity contribution in [2.24, 2.45) is 0 Å². The minimum atomic E-state index is -5.00. The molecule has 0 aromatic rings. The molecule has 0 amide bonds. The average molecular weight is 1500 g/mol. The Morgan fingerprint density at radius 1 is 0.279 bits per heavy atom. The number of allylic oxidation sites excluding steroid dienone is 24. The number of aliphatic hydroxyl groups excluding tert-OH is 1. The minimum Gasteiger partial charge on any atom is -0.462 e. The fraction of sp³-hybridized carbons (Fsp3) is 0.671. The number of carbonyl (C=O) groups excluding carboxylic acids is 4. The van der Waals surface area contributed by atoms with Crippen LogP contribution in [0.15, 0.2) is 146 Å². The number of rotatable bonds is 74. The Kier molecular flexibility index (Phi) is 72.4. The van der Waals surface area contributed by atoms with Crippen LogP contribution in [-0.4, -0.2) is 96.7 Å². The minimum absolute atomic E-state index is 0.0590. The first-order valence-electron chi connectivity index (χ1n) is 40.1. The van der Waals surface area contributed by atoms with Gasteiger partial charge in [0, 0.05) is 25.7 Å². The molecule has 0 aliphatic carbocycles. The molecule has 0 aliphatic heterocycles. The molecule has 0 bridgehead atoms. The van der Waals surface area contributed by atoms with Gasteiger partial charge >= 0.3 is 39.5 Å². The zero-order valence-corrected chi connectivity index (χ0v) is 66.7. The van der Waals surface area contributed by atoms with Crippen LogP contribution in [0.3, 0.4) is 0 Å². The van der Waals surface area contributed by atoms with Gasteiger partial charge in [-0.2, -0.15) is 0 Å². The van der Waals surface area contributed by atoms with E-state index in [1.54, 1.807) is 0 Å². The van der Waals surface area contributed by atoms with Gasteiger partial charge in [-0.15, -0.1) is 0 Å². The van der Waals surface area contributed by atoms with Crippen LogP contribution in [0.1, 0.15) is 310 Å². The van der Waals surface area contributed by atoms with E-state index >= 15 is 0 Å².